The summed E-state index contributed by atoms with van der Waals surface area (Å²) in [6.07, 6.45) is 10.1. The summed E-state index contributed by atoms with van der Waals surface area (Å²) in [5, 5.41) is 6.65. The lowest BCUT2D eigenvalue weighted by molar-refractivity contribution is 0.415. The first kappa shape index (κ1) is 16.3. The molecule has 0 bridgehead atoms. The van der Waals surface area contributed by atoms with Crippen LogP contribution in [0.15, 0.2) is 35.8 Å². The van der Waals surface area contributed by atoms with E-state index in [0.717, 1.165) is 51.1 Å². The number of nitrogens with one attached hydrogen (secondary N) is 2. The Bertz CT molecular complexity index is 1160. The second-order valence-corrected chi connectivity index (χ2v) is 7.72. The molecular weight excluding hydrogens is 358 g/mol. The van der Waals surface area contributed by atoms with Gasteiger partial charge in [-0.1, -0.05) is 0 Å². The fourth-order valence-electron chi connectivity index (χ4n) is 3.69. The highest BCUT2D eigenvalue weighted by atomic mass is 32.1. The molecule has 3 heterocycles. The molecule has 0 radical (unpaired) electrons. The van der Waals surface area contributed by atoms with Crippen LogP contribution in [0.1, 0.15) is 28.8 Å². The summed E-state index contributed by atoms with van der Waals surface area (Å²) in [5.41, 5.74) is 6.58. The molecule has 7 heteroatoms. The number of fused-ring (bicyclic) bond motifs is 4. The number of thiophene rings is 1. The molecular formula is C20H19N5OS. The van der Waals surface area contributed by atoms with Gasteiger partial charge >= 0.3 is 0 Å². The molecule has 0 unspecified atom stereocenters. The molecule has 0 saturated heterocycles. The summed E-state index contributed by atoms with van der Waals surface area (Å²) in [4.78, 5) is 14.7. The van der Waals surface area contributed by atoms with Crippen LogP contribution < -0.4 is 10.2 Å². The van der Waals surface area contributed by atoms with Gasteiger partial charge in [0.1, 0.15) is 16.9 Å². The van der Waals surface area contributed by atoms with Gasteiger partial charge in [-0.05, 0) is 49.4 Å². The first-order chi connectivity index (χ1) is 13.3. The Hall–Kier alpha value is -2.93. The fraction of sp³-hybridized carbons (Fsp3) is 0.250. The minimum Gasteiger partial charge on any atom is -0.497 e. The van der Waals surface area contributed by atoms with E-state index in [0.29, 0.717) is 0 Å². The van der Waals surface area contributed by atoms with Gasteiger partial charge in [0.05, 0.1) is 18.7 Å². The van der Waals surface area contributed by atoms with Crippen molar-refractivity contribution in [3.05, 3.63) is 46.7 Å². The highest BCUT2D eigenvalue weighted by Gasteiger charge is 2.19. The topological polar surface area (TPSA) is 75.2 Å². The van der Waals surface area contributed by atoms with Gasteiger partial charge in [-0.15, -0.1) is 11.3 Å². The van der Waals surface area contributed by atoms with Crippen LogP contribution in [0.3, 0.4) is 0 Å². The molecule has 6 nitrogen and oxygen atoms in total. The maximum absolute atomic E-state index is 5.32. The number of hydrogen-bond donors (Lipinski definition) is 2. The number of ether oxygens (including phenoxy) is 1. The van der Waals surface area contributed by atoms with Gasteiger partial charge in [-0.3, -0.25) is 5.43 Å². The number of aromatic nitrogens is 3. The van der Waals surface area contributed by atoms with Crippen molar-refractivity contribution >= 4 is 44.5 Å². The molecule has 27 heavy (non-hydrogen) atoms. The van der Waals surface area contributed by atoms with E-state index < -0.39 is 0 Å². The minimum atomic E-state index is 0.785. The number of anilines is 1. The van der Waals surface area contributed by atoms with Crippen molar-refractivity contribution in [2.45, 2.75) is 25.7 Å². The van der Waals surface area contributed by atoms with Gasteiger partial charge < -0.3 is 9.72 Å². The van der Waals surface area contributed by atoms with Gasteiger partial charge in [-0.25, -0.2) is 9.97 Å². The van der Waals surface area contributed by atoms with Crippen molar-refractivity contribution in [3.63, 3.8) is 0 Å². The number of rotatable bonds is 4. The third kappa shape index (κ3) is 2.84. The van der Waals surface area contributed by atoms with Crippen molar-refractivity contribution in [2.24, 2.45) is 5.10 Å². The van der Waals surface area contributed by atoms with E-state index >= 15 is 0 Å². The molecule has 1 aromatic carbocycles. The van der Waals surface area contributed by atoms with Crippen LogP contribution in [0.4, 0.5) is 5.82 Å². The van der Waals surface area contributed by atoms with Gasteiger partial charge in [0.25, 0.3) is 0 Å². The number of hydrogen-bond acceptors (Lipinski definition) is 6. The number of H-pyrrole nitrogens is 1. The van der Waals surface area contributed by atoms with E-state index in [1.54, 1.807) is 24.8 Å². The number of aromatic amines is 1. The van der Waals surface area contributed by atoms with Gasteiger partial charge in [0.2, 0.25) is 0 Å². The molecule has 0 atom stereocenters. The monoisotopic (exact) mass is 377 g/mol. The zero-order valence-electron chi connectivity index (χ0n) is 15.0. The number of benzene rings is 1. The van der Waals surface area contributed by atoms with E-state index in [4.69, 9.17) is 4.74 Å². The van der Waals surface area contributed by atoms with Crippen LogP contribution in [-0.4, -0.2) is 28.3 Å². The van der Waals surface area contributed by atoms with Crippen molar-refractivity contribution in [1.82, 2.24) is 15.0 Å². The lowest BCUT2D eigenvalue weighted by atomic mass is 9.97. The first-order valence-electron chi connectivity index (χ1n) is 9.03. The molecule has 0 spiro atoms. The Morgan fingerprint density at radius 3 is 3.11 bits per heavy atom. The summed E-state index contributed by atoms with van der Waals surface area (Å²) >= 11 is 1.79. The highest BCUT2D eigenvalue weighted by molar-refractivity contribution is 7.19. The quantitative estimate of drug-likeness (QED) is 0.405. The molecule has 136 valence electrons. The zero-order valence-corrected chi connectivity index (χ0v) is 15.8. The Labute approximate surface area is 160 Å². The number of methoxy groups -OCH3 is 1. The SMILES string of the molecule is COc1ccc2[nH]cc(C=NNc3ncnc4sc5c(c34)CCCC5)c2c1. The molecule has 2 N–H and O–H groups in total. The fourth-order valence-corrected chi connectivity index (χ4v) is 4.92. The third-order valence-electron chi connectivity index (χ3n) is 5.05. The second kappa shape index (κ2) is 6.66. The molecule has 0 amide bonds. The van der Waals surface area contributed by atoms with E-state index in [2.05, 4.69) is 25.5 Å². The third-order valence-corrected chi connectivity index (χ3v) is 6.25. The molecule has 3 aromatic heterocycles. The molecule has 1 aliphatic carbocycles. The Balaban J connectivity index is 1.47. The van der Waals surface area contributed by atoms with Gasteiger partial charge in [0.15, 0.2) is 5.82 Å². The standard InChI is InChI=1S/C20H19N5OS/c1-26-13-6-7-16-15(8-13)12(9-21-16)10-24-25-19-18-14-4-2-3-5-17(14)27-20(18)23-11-22-19/h6-11,21H,2-5H2,1H3,(H,22,23,25). The van der Waals surface area contributed by atoms with Crippen molar-refractivity contribution in [1.29, 1.82) is 0 Å². The summed E-state index contributed by atoms with van der Waals surface area (Å²) in [7, 11) is 1.67. The summed E-state index contributed by atoms with van der Waals surface area (Å²) < 4.78 is 5.32. The van der Waals surface area contributed by atoms with Gasteiger partial charge in [-0.2, -0.15) is 5.10 Å². The lowest BCUT2D eigenvalue weighted by Gasteiger charge is -2.11. The maximum atomic E-state index is 5.32. The molecule has 0 saturated carbocycles. The van der Waals surface area contributed by atoms with Crippen molar-refractivity contribution in [2.75, 3.05) is 12.5 Å². The second-order valence-electron chi connectivity index (χ2n) is 6.64. The predicted molar refractivity (Wildman–Crippen MR) is 110 cm³/mol. The van der Waals surface area contributed by atoms with E-state index in [9.17, 15) is 0 Å². The number of hydrazone groups is 1. The Morgan fingerprint density at radius 1 is 1.26 bits per heavy atom. The number of aryl methyl sites for hydroxylation is 2. The molecule has 1 aliphatic rings. The largest absolute Gasteiger partial charge is 0.497 e. The zero-order chi connectivity index (χ0) is 18.2. The number of nitrogens with zero attached hydrogens (tertiary/aromatic N) is 3. The molecule has 5 rings (SSSR count). The summed E-state index contributed by atoms with van der Waals surface area (Å²) in [6.45, 7) is 0. The maximum Gasteiger partial charge on any atom is 0.158 e. The van der Waals surface area contributed by atoms with Gasteiger partial charge in [0, 0.05) is 27.5 Å². The van der Waals surface area contributed by atoms with Crippen LogP contribution >= 0.6 is 11.3 Å². The Kier molecular flexibility index (Phi) is 4.01. The lowest BCUT2D eigenvalue weighted by Crippen LogP contribution is -2.00. The van der Waals surface area contributed by atoms with E-state index in [1.807, 2.05) is 30.6 Å². The normalized spacial score (nSPS) is 14.1. The Morgan fingerprint density at radius 2 is 2.19 bits per heavy atom. The van der Waals surface area contributed by atoms with Crippen LogP contribution in [-0.2, 0) is 12.8 Å². The molecule has 0 fully saturated rings. The minimum absolute atomic E-state index is 0.785. The van der Waals surface area contributed by atoms with E-state index in [1.165, 1.54) is 23.3 Å². The van der Waals surface area contributed by atoms with Crippen molar-refractivity contribution in [3.8, 4) is 5.75 Å². The van der Waals surface area contributed by atoms with Crippen LogP contribution in [0, 0.1) is 0 Å². The smallest absolute Gasteiger partial charge is 0.158 e. The first-order valence-corrected chi connectivity index (χ1v) is 9.84. The van der Waals surface area contributed by atoms with Crippen LogP contribution in [0.5, 0.6) is 5.75 Å². The molecule has 4 aromatic rings. The summed E-state index contributed by atoms with van der Waals surface area (Å²) in [6, 6.07) is 5.95. The average molecular weight is 377 g/mol. The van der Waals surface area contributed by atoms with Crippen LogP contribution in [0.2, 0.25) is 0 Å². The van der Waals surface area contributed by atoms with Crippen LogP contribution in [0.25, 0.3) is 21.1 Å². The summed E-state index contributed by atoms with van der Waals surface area (Å²) in [5.74, 6) is 1.61. The van der Waals surface area contributed by atoms with E-state index in [-0.39, 0.29) is 0 Å². The van der Waals surface area contributed by atoms with Crippen molar-refractivity contribution < 1.29 is 4.74 Å². The predicted octanol–water partition coefficient (Wildman–Crippen LogP) is 4.51. The highest BCUT2D eigenvalue weighted by Crippen LogP contribution is 2.38. The average Bonchev–Trinajstić information content (AvgIpc) is 3.29. The molecule has 0 aliphatic heterocycles.